The number of methoxy groups -OCH3 is 2. The van der Waals surface area contributed by atoms with Gasteiger partial charge in [0.05, 0.1) is 19.0 Å². The minimum Gasteiger partial charge on any atom is -0.497 e. The molecule has 0 aromatic heterocycles. The van der Waals surface area contributed by atoms with Crippen LogP contribution in [-0.4, -0.2) is 51.6 Å². The van der Waals surface area contributed by atoms with Crippen molar-refractivity contribution >= 4 is 17.7 Å². The van der Waals surface area contributed by atoms with Crippen LogP contribution in [0.5, 0.6) is 5.75 Å². The topological polar surface area (TPSA) is 59.6 Å². The highest BCUT2D eigenvalue weighted by Crippen LogP contribution is 2.29. The maximum Gasteiger partial charge on any atom is 0.233 e. The van der Waals surface area contributed by atoms with Gasteiger partial charge in [-0.1, -0.05) is 0 Å². The van der Waals surface area contributed by atoms with E-state index >= 15 is 0 Å². The Bertz CT molecular complexity index is 510. The summed E-state index contributed by atoms with van der Waals surface area (Å²) in [6.45, 7) is 5.27. The molecule has 1 amide bonds. The zero-order valence-electron chi connectivity index (χ0n) is 14.8. The average Bonchev–Trinajstić information content (AvgIpc) is 2.61. The number of nitrogens with one attached hydrogen (secondary N) is 2. The van der Waals surface area contributed by atoms with Crippen molar-refractivity contribution in [3.63, 3.8) is 0 Å². The van der Waals surface area contributed by atoms with E-state index < -0.39 is 0 Å². The van der Waals surface area contributed by atoms with Crippen molar-refractivity contribution in [2.24, 2.45) is 5.41 Å². The molecular weight excluding hydrogens is 324 g/mol. The van der Waals surface area contributed by atoms with E-state index in [1.807, 2.05) is 31.2 Å². The second-order valence-corrected chi connectivity index (χ2v) is 7.75. The molecule has 134 valence electrons. The smallest absolute Gasteiger partial charge is 0.233 e. The van der Waals surface area contributed by atoms with Gasteiger partial charge < -0.3 is 20.1 Å². The lowest BCUT2D eigenvalue weighted by Crippen LogP contribution is -2.48. The van der Waals surface area contributed by atoms with Crippen LogP contribution in [0.1, 0.15) is 19.8 Å². The van der Waals surface area contributed by atoms with Crippen LogP contribution >= 0.6 is 11.8 Å². The second kappa shape index (κ2) is 9.30. The summed E-state index contributed by atoms with van der Waals surface area (Å²) in [6.07, 6.45) is 2.06. The Morgan fingerprint density at radius 1 is 1.29 bits per heavy atom. The quantitative estimate of drug-likeness (QED) is 0.703. The van der Waals surface area contributed by atoms with Gasteiger partial charge in [-0.2, -0.15) is 0 Å². The number of piperidine rings is 1. The van der Waals surface area contributed by atoms with Crippen molar-refractivity contribution in [1.29, 1.82) is 0 Å². The van der Waals surface area contributed by atoms with E-state index in [1.165, 1.54) is 0 Å². The number of benzene rings is 1. The largest absolute Gasteiger partial charge is 0.497 e. The fraction of sp³-hybridized carbons (Fsp3) is 0.611. The number of ether oxygens (including phenoxy) is 2. The molecule has 1 fully saturated rings. The lowest BCUT2D eigenvalue weighted by molar-refractivity contribution is -0.121. The fourth-order valence-electron chi connectivity index (χ4n) is 2.97. The minimum absolute atomic E-state index is 0.0557. The normalized spacial score (nSPS) is 18.0. The van der Waals surface area contributed by atoms with Gasteiger partial charge in [0.2, 0.25) is 5.91 Å². The molecule has 2 N–H and O–H groups in total. The van der Waals surface area contributed by atoms with Crippen LogP contribution in [0, 0.1) is 5.41 Å². The summed E-state index contributed by atoms with van der Waals surface area (Å²) in [4.78, 5) is 13.5. The van der Waals surface area contributed by atoms with Gasteiger partial charge in [0, 0.05) is 24.0 Å². The van der Waals surface area contributed by atoms with E-state index in [0.717, 1.165) is 36.6 Å². The highest BCUT2D eigenvalue weighted by Gasteiger charge is 2.33. The Morgan fingerprint density at radius 2 is 1.96 bits per heavy atom. The van der Waals surface area contributed by atoms with Crippen molar-refractivity contribution in [1.82, 2.24) is 10.6 Å². The van der Waals surface area contributed by atoms with Crippen LogP contribution in [0.15, 0.2) is 29.2 Å². The molecule has 24 heavy (non-hydrogen) atoms. The molecule has 1 aromatic carbocycles. The number of amides is 1. The van der Waals surface area contributed by atoms with Crippen LogP contribution in [0.3, 0.4) is 0 Å². The standard InChI is InChI=1S/C18H28N2O3S/c1-14(24-16-6-4-15(23-3)5-7-16)17(21)20-12-18(13-22-2)8-10-19-11-9-18/h4-7,14,19H,8-13H2,1-3H3,(H,20,21). The van der Waals surface area contributed by atoms with Crippen molar-refractivity contribution in [2.45, 2.75) is 29.9 Å². The number of hydrogen-bond acceptors (Lipinski definition) is 5. The Hall–Kier alpha value is -1.24. The lowest BCUT2D eigenvalue weighted by atomic mass is 9.79. The van der Waals surface area contributed by atoms with Crippen LogP contribution in [-0.2, 0) is 9.53 Å². The van der Waals surface area contributed by atoms with Gasteiger partial charge in [-0.25, -0.2) is 0 Å². The Labute approximate surface area is 148 Å². The third-order valence-corrected chi connectivity index (χ3v) is 5.61. The summed E-state index contributed by atoms with van der Waals surface area (Å²) >= 11 is 1.56. The first-order valence-electron chi connectivity index (χ1n) is 8.37. The summed E-state index contributed by atoms with van der Waals surface area (Å²) in [7, 11) is 3.38. The van der Waals surface area contributed by atoms with E-state index in [0.29, 0.717) is 13.2 Å². The average molecular weight is 353 g/mol. The molecule has 2 rings (SSSR count). The lowest BCUT2D eigenvalue weighted by Gasteiger charge is -2.37. The molecule has 0 bridgehead atoms. The van der Waals surface area contributed by atoms with Gasteiger partial charge in [0.15, 0.2) is 0 Å². The van der Waals surface area contributed by atoms with Crippen LogP contribution in [0.2, 0.25) is 0 Å². The molecule has 1 atom stereocenters. The fourth-order valence-corrected chi connectivity index (χ4v) is 3.86. The molecule has 0 radical (unpaired) electrons. The molecule has 1 aromatic rings. The monoisotopic (exact) mass is 352 g/mol. The van der Waals surface area contributed by atoms with Gasteiger partial charge in [0.1, 0.15) is 5.75 Å². The summed E-state index contributed by atoms with van der Waals surface area (Å²) in [6, 6.07) is 7.78. The second-order valence-electron chi connectivity index (χ2n) is 6.34. The summed E-state index contributed by atoms with van der Waals surface area (Å²) in [5.41, 5.74) is 0.0557. The van der Waals surface area contributed by atoms with E-state index in [-0.39, 0.29) is 16.6 Å². The van der Waals surface area contributed by atoms with Gasteiger partial charge in [-0.05, 0) is 57.1 Å². The molecule has 1 heterocycles. The summed E-state index contributed by atoms with van der Waals surface area (Å²) in [5.74, 6) is 0.897. The summed E-state index contributed by atoms with van der Waals surface area (Å²) < 4.78 is 10.6. The minimum atomic E-state index is -0.139. The predicted octanol–water partition coefficient (Wildman–Crippen LogP) is 2.31. The van der Waals surface area contributed by atoms with Crippen LogP contribution < -0.4 is 15.4 Å². The molecule has 1 aliphatic rings. The highest BCUT2D eigenvalue weighted by atomic mass is 32.2. The molecule has 5 nitrogen and oxygen atoms in total. The van der Waals surface area contributed by atoms with Crippen molar-refractivity contribution < 1.29 is 14.3 Å². The number of rotatable bonds is 8. The van der Waals surface area contributed by atoms with Crippen molar-refractivity contribution in [3.05, 3.63) is 24.3 Å². The van der Waals surface area contributed by atoms with E-state index in [9.17, 15) is 4.79 Å². The zero-order chi connectivity index (χ0) is 17.4. The molecule has 6 heteroatoms. The first kappa shape index (κ1) is 19.1. The molecule has 1 unspecified atom stereocenters. The third kappa shape index (κ3) is 5.40. The van der Waals surface area contributed by atoms with Gasteiger partial charge in [-0.3, -0.25) is 4.79 Å². The van der Waals surface area contributed by atoms with Gasteiger partial charge in [0.25, 0.3) is 0 Å². The molecule has 0 aliphatic carbocycles. The predicted molar refractivity (Wildman–Crippen MR) is 97.7 cm³/mol. The maximum atomic E-state index is 12.4. The molecule has 1 aliphatic heterocycles. The zero-order valence-corrected chi connectivity index (χ0v) is 15.6. The van der Waals surface area contributed by atoms with Crippen LogP contribution in [0.4, 0.5) is 0 Å². The van der Waals surface area contributed by atoms with E-state index in [1.54, 1.807) is 26.0 Å². The summed E-state index contributed by atoms with van der Waals surface area (Å²) in [5, 5.41) is 6.36. The first-order chi connectivity index (χ1) is 11.6. The molecule has 0 spiro atoms. The Balaban J connectivity index is 1.85. The number of thioether (sulfide) groups is 1. The van der Waals surface area contributed by atoms with Crippen molar-refractivity contribution in [3.8, 4) is 5.75 Å². The van der Waals surface area contributed by atoms with Gasteiger partial charge in [-0.15, -0.1) is 11.8 Å². The van der Waals surface area contributed by atoms with Crippen molar-refractivity contribution in [2.75, 3.05) is 40.5 Å². The number of hydrogen-bond donors (Lipinski definition) is 2. The third-order valence-electron chi connectivity index (χ3n) is 4.49. The van der Waals surface area contributed by atoms with E-state index in [2.05, 4.69) is 10.6 Å². The molecule has 1 saturated heterocycles. The maximum absolute atomic E-state index is 12.4. The molecule has 0 saturated carbocycles. The van der Waals surface area contributed by atoms with E-state index in [4.69, 9.17) is 9.47 Å². The number of carbonyl (C=O) groups excluding carboxylic acids is 1. The first-order valence-corrected chi connectivity index (χ1v) is 9.25. The Morgan fingerprint density at radius 3 is 2.54 bits per heavy atom. The SMILES string of the molecule is COCC1(CNC(=O)C(C)Sc2ccc(OC)cc2)CCNCC1. The van der Waals surface area contributed by atoms with Gasteiger partial charge >= 0.3 is 0 Å². The molecular formula is C18H28N2O3S. The Kier molecular flexibility index (Phi) is 7.40. The highest BCUT2D eigenvalue weighted by molar-refractivity contribution is 8.00. The van der Waals surface area contributed by atoms with Crippen LogP contribution in [0.25, 0.3) is 0 Å². The number of carbonyl (C=O) groups is 1.